The number of hydrogen-bond acceptors (Lipinski definition) is 2. The summed E-state index contributed by atoms with van der Waals surface area (Å²) in [6.07, 6.45) is 0. The second-order valence-electron chi connectivity index (χ2n) is 4.24. The maximum absolute atomic E-state index is 11.4. The Morgan fingerprint density at radius 2 is 1.82 bits per heavy atom. The number of guanidine groups is 1. The number of hydrogen-bond donors (Lipinski definition) is 3. The van der Waals surface area contributed by atoms with Crippen molar-refractivity contribution < 1.29 is 4.79 Å². The van der Waals surface area contributed by atoms with Crippen molar-refractivity contribution in [3.63, 3.8) is 0 Å². The number of halogens is 3. The normalized spacial score (nSPS) is 10.6. The Bertz CT molecular complexity index is 512. The third-order valence-corrected chi connectivity index (χ3v) is 3.14. The lowest BCUT2D eigenvalue weighted by molar-refractivity contribution is -0.119. The Labute approximate surface area is 158 Å². The minimum Gasteiger partial charge on any atom is -0.357 e. The van der Waals surface area contributed by atoms with Gasteiger partial charge in [0.05, 0.1) is 13.1 Å². The number of aliphatic imine (C=N–C) groups is 1. The van der Waals surface area contributed by atoms with E-state index in [-0.39, 0.29) is 36.4 Å². The molecule has 0 bridgehead atoms. The summed E-state index contributed by atoms with van der Waals surface area (Å²) in [6, 6.07) is 5.29. The summed E-state index contributed by atoms with van der Waals surface area (Å²) < 4.78 is 0. The van der Waals surface area contributed by atoms with E-state index in [1.54, 1.807) is 12.1 Å². The van der Waals surface area contributed by atoms with E-state index in [9.17, 15) is 4.79 Å². The van der Waals surface area contributed by atoms with E-state index in [0.717, 1.165) is 5.56 Å². The molecule has 1 amide bonds. The minimum absolute atomic E-state index is 0. The molecular formula is C14H21Cl2IN4O. The summed E-state index contributed by atoms with van der Waals surface area (Å²) >= 11 is 12.0. The van der Waals surface area contributed by atoms with E-state index in [2.05, 4.69) is 20.9 Å². The molecule has 0 saturated heterocycles. The molecule has 0 heterocycles. The molecule has 0 aliphatic rings. The third-order valence-electron chi connectivity index (χ3n) is 2.56. The number of carbonyl (C=O) groups excluding carboxylic acids is 1. The Hall–Kier alpha value is -0.730. The van der Waals surface area contributed by atoms with Gasteiger partial charge in [-0.3, -0.25) is 4.79 Å². The van der Waals surface area contributed by atoms with Crippen LogP contribution in [-0.4, -0.2) is 31.5 Å². The fraction of sp³-hybridized carbons (Fsp3) is 0.429. The van der Waals surface area contributed by atoms with Crippen molar-refractivity contribution in [1.29, 1.82) is 0 Å². The molecule has 0 aromatic heterocycles. The van der Waals surface area contributed by atoms with Gasteiger partial charge in [0.2, 0.25) is 5.91 Å². The van der Waals surface area contributed by atoms with Gasteiger partial charge in [0.15, 0.2) is 5.96 Å². The lowest BCUT2D eigenvalue weighted by Gasteiger charge is -2.11. The highest BCUT2D eigenvalue weighted by Crippen LogP contribution is 2.21. The molecule has 0 spiro atoms. The van der Waals surface area contributed by atoms with Gasteiger partial charge in [-0.1, -0.05) is 29.3 Å². The summed E-state index contributed by atoms with van der Waals surface area (Å²) in [6.45, 7) is 5.72. The molecule has 1 aromatic carbocycles. The second kappa shape index (κ2) is 11.8. The third kappa shape index (κ3) is 8.05. The molecule has 124 valence electrons. The van der Waals surface area contributed by atoms with Gasteiger partial charge < -0.3 is 16.0 Å². The molecule has 5 nitrogen and oxygen atoms in total. The zero-order valence-electron chi connectivity index (χ0n) is 12.6. The van der Waals surface area contributed by atoms with Crippen LogP contribution >= 0.6 is 47.2 Å². The summed E-state index contributed by atoms with van der Waals surface area (Å²) in [5, 5.41) is 9.91. The first-order chi connectivity index (χ1) is 10.1. The Balaban J connectivity index is 0.00000441. The number of nitrogens with zero attached hydrogens (tertiary/aromatic N) is 1. The van der Waals surface area contributed by atoms with Crippen LogP contribution in [0.5, 0.6) is 0 Å². The van der Waals surface area contributed by atoms with E-state index in [4.69, 9.17) is 23.2 Å². The van der Waals surface area contributed by atoms with Crippen LogP contribution in [0.2, 0.25) is 10.0 Å². The lowest BCUT2D eigenvalue weighted by atomic mass is 10.2. The first-order valence-electron chi connectivity index (χ1n) is 6.79. The van der Waals surface area contributed by atoms with Crippen molar-refractivity contribution in [2.45, 2.75) is 20.4 Å². The molecule has 0 fully saturated rings. The van der Waals surface area contributed by atoms with Crippen LogP contribution in [0.3, 0.4) is 0 Å². The van der Waals surface area contributed by atoms with Gasteiger partial charge in [0.25, 0.3) is 0 Å². The van der Waals surface area contributed by atoms with Crippen LogP contribution in [0.15, 0.2) is 23.2 Å². The fourth-order valence-electron chi connectivity index (χ4n) is 1.58. The van der Waals surface area contributed by atoms with Gasteiger partial charge in [-0.05, 0) is 31.5 Å². The van der Waals surface area contributed by atoms with E-state index in [1.807, 2.05) is 19.9 Å². The summed E-state index contributed by atoms with van der Waals surface area (Å²) in [5.41, 5.74) is 0.872. The van der Waals surface area contributed by atoms with Crippen molar-refractivity contribution in [2.24, 2.45) is 4.99 Å². The molecule has 0 saturated carbocycles. The highest BCUT2D eigenvalue weighted by molar-refractivity contribution is 14.0. The average Bonchev–Trinajstić information content (AvgIpc) is 2.44. The summed E-state index contributed by atoms with van der Waals surface area (Å²) in [4.78, 5) is 15.8. The first-order valence-corrected chi connectivity index (χ1v) is 7.55. The van der Waals surface area contributed by atoms with Gasteiger partial charge in [0, 0.05) is 23.1 Å². The minimum atomic E-state index is -0.0763. The van der Waals surface area contributed by atoms with Gasteiger partial charge in [-0.15, -0.1) is 24.0 Å². The molecule has 8 heteroatoms. The van der Waals surface area contributed by atoms with E-state index in [1.165, 1.54) is 0 Å². The molecule has 0 aliphatic carbocycles. The highest BCUT2D eigenvalue weighted by atomic mass is 127. The average molecular weight is 459 g/mol. The molecule has 1 rings (SSSR count). The van der Waals surface area contributed by atoms with Gasteiger partial charge in [-0.25, -0.2) is 4.99 Å². The van der Waals surface area contributed by atoms with Crippen molar-refractivity contribution in [2.75, 3.05) is 19.6 Å². The van der Waals surface area contributed by atoms with Gasteiger partial charge in [0.1, 0.15) is 0 Å². The van der Waals surface area contributed by atoms with Crippen LogP contribution < -0.4 is 16.0 Å². The second-order valence-corrected chi connectivity index (χ2v) is 5.08. The Kier molecular flexibility index (Phi) is 11.4. The highest BCUT2D eigenvalue weighted by Gasteiger charge is 2.04. The molecule has 0 aliphatic heterocycles. The van der Waals surface area contributed by atoms with E-state index >= 15 is 0 Å². The molecule has 22 heavy (non-hydrogen) atoms. The Morgan fingerprint density at radius 1 is 1.14 bits per heavy atom. The maximum Gasteiger partial charge on any atom is 0.239 e. The number of amides is 1. The Morgan fingerprint density at radius 3 is 2.41 bits per heavy atom. The zero-order valence-corrected chi connectivity index (χ0v) is 16.4. The van der Waals surface area contributed by atoms with Crippen LogP contribution in [0.1, 0.15) is 19.4 Å². The monoisotopic (exact) mass is 458 g/mol. The van der Waals surface area contributed by atoms with Crippen LogP contribution in [0, 0.1) is 0 Å². The van der Waals surface area contributed by atoms with Gasteiger partial charge in [-0.2, -0.15) is 0 Å². The van der Waals surface area contributed by atoms with Crippen molar-refractivity contribution in [3.05, 3.63) is 33.8 Å². The van der Waals surface area contributed by atoms with Crippen LogP contribution in [0.25, 0.3) is 0 Å². The smallest absolute Gasteiger partial charge is 0.239 e. The molecule has 3 N–H and O–H groups in total. The number of likely N-dealkylation sites (N-methyl/N-ethyl adjacent to an activating group) is 1. The molecule has 1 aromatic rings. The first kappa shape index (κ1) is 21.3. The SMILES string of the molecule is CCNC(=O)CNC(=NCc1ccc(Cl)cc1Cl)NCC.I. The largest absolute Gasteiger partial charge is 0.357 e. The molecule has 0 atom stereocenters. The molecule has 0 unspecified atom stereocenters. The van der Waals surface area contributed by atoms with Crippen LogP contribution in [-0.2, 0) is 11.3 Å². The van der Waals surface area contributed by atoms with Crippen molar-refractivity contribution in [1.82, 2.24) is 16.0 Å². The quantitative estimate of drug-likeness (QED) is 0.349. The topological polar surface area (TPSA) is 65.5 Å². The predicted octanol–water partition coefficient (Wildman–Crippen LogP) is 2.80. The number of carbonyl (C=O) groups is 1. The predicted molar refractivity (Wildman–Crippen MR) is 103 cm³/mol. The standard InChI is InChI=1S/C14H20Cl2N4O.HI/c1-3-17-13(21)9-20-14(18-4-2)19-8-10-5-6-11(15)7-12(10)16;/h5-7H,3-4,8-9H2,1-2H3,(H,17,21)(H2,18,19,20);1H. The zero-order chi connectivity index (χ0) is 15.7. The van der Waals surface area contributed by atoms with E-state index < -0.39 is 0 Å². The van der Waals surface area contributed by atoms with Crippen LogP contribution in [0.4, 0.5) is 0 Å². The number of benzene rings is 1. The molecule has 0 radical (unpaired) electrons. The van der Waals surface area contributed by atoms with Crippen molar-refractivity contribution >= 4 is 59.0 Å². The van der Waals surface area contributed by atoms with Crippen molar-refractivity contribution in [3.8, 4) is 0 Å². The van der Waals surface area contributed by atoms with Gasteiger partial charge >= 0.3 is 0 Å². The summed E-state index contributed by atoms with van der Waals surface area (Å²) in [7, 11) is 0. The maximum atomic E-state index is 11.4. The molecular weight excluding hydrogens is 438 g/mol. The number of rotatable bonds is 6. The lowest BCUT2D eigenvalue weighted by Crippen LogP contribution is -2.43. The van der Waals surface area contributed by atoms with E-state index in [0.29, 0.717) is 35.6 Å². The number of nitrogens with one attached hydrogen (secondary N) is 3. The fourth-order valence-corrected chi connectivity index (χ4v) is 2.05. The summed E-state index contributed by atoms with van der Waals surface area (Å²) in [5.74, 6) is 0.488.